The highest BCUT2D eigenvalue weighted by Gasteiger charge is 2.05. The van der Waals surface area contributed by atoms with E-state index in [0.717, 1.165) is 37.9 Å². The van der Waals surface area contributed by atoms with Gasteiger partial charge in [0.05, 0.1) is 0 Å². The van der Waals surface area contributed by atoms with E-state index in [-0.39, 0.29) is 11.7 Å². The summed E-state index contributed by atoms with van der Waals surface area (Å²) in [7, 11) is -4.00. The second kappa shape index (κ2) is 15.2. The summed E-state index contributed by atoms with van der Waals surface area (Å²) in [6, 6.07) is 6.59. The fraction of sp³-hybridized carbons (Fsp3) is 0.667. The van der Waals surface area contributed by atoms with Crippen molar-refractivity contribution in [2.24, 2.45) is 5.14 Å². The van der Waals surface area contributed by atoms with Crippen LogP contribution in [-0.2, 0) is 21.5 Å². The number of nitrogens with two attached hydrogens (primary N) is 1. The van der Waals surface area contributed by atoms with Gasteiger partial charge in [-0.1, -0.05) is 51.2 Å². The SMILES string of the molecule is CCCCCCCNCCCCCC(=O)NCCc1ccc(OS(N)(=O)=O)cc1. The van der Waals surface area contributed by atoms with Crippen molar-refractivity contribution in [2.45, 2.75) is 71.1 Å². The number of hydrogen-bond acceptors (Lipinski definition) is 5. The van der Waals surface area contributed by atoms with Crippen molar-refractivity contribution in [3.8, 4) is 5.75 Å². The van der Waals surface area contributed by atoms with Gasteiger partial charge in [-0.25, -0.2) is 0 Å². The van der Waals surface area contributed by atoms with Gasteiger partial charge in [-0.2, -0.15) is 13.6 Å². The van der Waals surface area contributed by atoms with E-state index in [0.29, 0.717) is 19.4 Å². The van der Waals surface area contributed by atoms with Gasteiger partial charge in [0.15, 0.2) is 0 Å². The number of hydrogen-bond donors (Lipinski definition) is 3. The fourth-order valence-corrected chi connectivity index (χ4v) is 3.35. The third-order valence-electron chi connectivity index (χ3n) is 4.59. The van der Waals surface area contributed by atoms with Crippen molar-refractivity contribution >= 4 is 16.2 Å². The third-order valence-corrected chi connectivity index (χ3v) is 5.01. The molecular weight excluding hydrogens is 390 g/mol. The quantitative estimate of drug-likeness (QED) is 0.331. The Kier molecular flexibility index (Phi) is 13.3. The fourth-order valence-electron chi connectivity index (χ4n) is 2.97. The van der Waals surface area contributed by atoms with Crippen LogP contribution in [0.4, 0.5) is 0 Å². The van der Waals surface area contributed by atoms with E-state index in [9.17, 15) is 13.2 Å². The van der Waals surface area contributed by atoms with Gasteiger partial charge >= 0.3 is 10.3 Å². The first-order chi connectivity index (χ1) is 13.9. The van der Waals surface area contributed by atoms with Gasteiger partial charge in [0, 0.05) is 13.0 Å². The zero-order valence-corrected chi connectivity index (χ0v) is 18.4. The Hall–Kier alpha value is -1.64. The molecule has 0 unspecified atom stereocenters. The van der Waals surface area contributed by atoms with E-state index in [4.69, 9.17) is 5.14 Å². The molecule has 1 aromatic carbocycles. The zero-order chi connectivity index (χ0) is 21.4. The molecule has 4 N–H and O–H groups in total. The van der Waals surface area contributed by atoms with Crippen LogP contribution in [-0.4, -0.2) is 34.0 Å². The molecular formula is C21H37N3O4S. The summed E-state index contributed by atoms with van der Waals surface area (Å²) in [4.78, 5) is 11.9. The molecule has 0 saturated heterocycles. The van der Waals surface area contributed by atoms with E-state index >= 15 is 0 Å². The Morgan fingerprint density at radius 1 is 0.931 bits per heavy atom. The van der Waals surface area contributed by atoms with Crippen LogP contribution >= 0.6 is 0 Å². The first-order valence-electron chi connectivity index (χ1n) is 10.7. The molecule has 0 bridgehead atoms. The summed E-state index contributed by atoms with van der Waals surface area (Å²) in [5.41, 5.74) is 0.979. The molecule has 7 nitrogen and oxygen atoms in total. The van der Waals surface area contributed by atoms with Gasteiger partial charge < -0.3 is 14.8 Å². The summed E-state index contributed by atoms with van der Waals surface area (Å²) >= 11 is 0. The van der Waals surface area contributed by atoms with E-state index in [2.05, 4.69) is 21.7 Å². The molecule has 0 saturated carbocycles. The van der Waals surface area contributed by atoms with E-state index in [1.165, 1.54) is 32.1 Å². The summed E-state index contributed by atoms with van der Waals surface area (Å²) in [5.74, 6) is 0.245. The predicted octanol–water partition coefficient (Wildman–Crippen LogP) is 3.05. The maximum absolute atomic E-state index is 11.9. The maximum Gasteiger partial charge on any atom is 0.380 e. The molecule has 29 heavy (non-hydrogen) atoms. The lowest BCUT2D eigenvalue weighted by atomic mass is 10.1. The first kappa shape index (κ1) is 25.4. The van der Waals surface area contributed by atoms with Crippen LogP contribution in [0.5, 0.6) is 5.75 Å². The standard InChI is InChI=1S/C21H37N3O4S/c1-2-3-4-5-8-16-23-17-9-6-7-10-21(25)24-18-15-19-11-13-20(14-12-19)28-29(22,26)27/h11-14,23H,2-10,15-18H2,1H3,(H,24,25)(H2,22,26,27). The van der Waals surface area contributed by atoms with Gasteiger partial charge in [0.25, 0.3) is 0 Å². The molecule has 0 radical (unpaired) electrons. The smallest absolute Gasteiger partial charge is 0.371 e. The molecule has 166 valence electrons. The molecule has 0 aromatic heterocycles. The molecule has 0 atom stereocenters. The largest absolute Gasteiger partial charge is 0.380 e. The van der Waals surface area contributed by atoms with Gasteiger partial charge in [-0.3, -0.25) is 4.79 Å². The summed E-state index contributed by atoms with van der Waals surface area (Å²) in [5, 5.41) is 11.2. The molecule has 1 aromatic rings. The molecule has 0 fully saturated rings. The Morgan fingerprint density at radius 3 is 2.17 bits per heavy atom. The van der Waals surface area contributed by atoms with Crippen molar-refractivity contribution in [3.63, 3.8) is 0 Å². The summed E-state index contributed by atoms with van der Waals surface area (Å²) in [6.07, 6.45) is 10.8. The minimum absolute atomic E-state index is 0.0723. The van der Waals surface area contributed by atoms with Gasteiger partial charge in [0.2, 0.25) is 5.91 Å². The molecule has 0 heterocycles. The highest BCUT2D eigenvalue weighted by atomic mass is 32.2. The average molecular weight is 428 g/mol. The maximum atomic E-state index is 11.9. The lowest BCUT2D eigenvalue weighted by Gasteiger charge is -2.07. The molecule has 8 heteroatoms. The minimum Gasteiger partial charge on any atom is -0.371 e. The van der Waals surface area contributed by atoms with E-state index < -0.39 is 10.3 Å². The van der Waals surface area contributed by atoms with E-state index in [1.807, 2.05) is 0 Å². The van der Waals surface area contributed by atoms with Crippen molar-refractivity contribution < 1.29 is 17.4 Å². The monoisotopic (exact) mass is 427 g/mol. The number of unbranched alkanes of at least 4 members (excludes halogenated alkanes) is 6. The van der Waals surface area contributed by atoms with Crippen LogP contribution < -0.4 is 20.0 Å². The van der Waals surface area contributed by atoms with Gasteiger partial charge in [-0.15, -0.1) is 0 Å². The molecule has 0 spiro atoms. The van der Waals surface area contributed by atoms with Crippen LogP contribution in [0.2, 0.25) is 0 Å². The van der Waals surface area contributed by atoms with Crippen LogP contribution in [0.1, 0.15) is 70.3 Å². The highest BCUT2D eigenvalue weighted by molar-refractivity contribution is 7.84. The second-order valence-electron chi connectivity index (χ2n) is 7.29. The third kappa shape index (κ3) is 14.9. The normalized spacial score (nSPS) is 11.4. The van der Waals surface area contributed by atoms with Gasteiger partial charge in [-0.05, 0) is 56.5 Å². The predicted molar refractivity (Wildman–Crippen MR) is 117 cm³/mol. The van der Waals surface area contributed by atoms with Crippen molar-refractivity contribution in [3.05, 3.63) is 29.8 Å². The summed E-state index contributed by atoms with van der Waals surface area (Å²) in [6.45, 7) is 4.90. The van der Waals surface area contributed by atoms with Crippen molar-refractivity contribution in [1.29, 1.82) is 0 Å². The molecule has 0 aliphatic heterocycles. The van der Waals surface area contributed by atoms with Crippen LogP contribution in [0, 0.1) is 0 Å². The molecule has 1 amide bonds. The number of nitrogens with one attached hydrogen (secondary N) is 2. The lowest BCUT2D eigenvalue weighted by Crippen LogP contribution is -2.25. The van der Waals surface area contributed by atoms with Gasteiger partial charge in [0.1, 0.15) is 5.75 Å². The van der Waals surface area contributed by atoms with Crippen molar-refractivity contribution in [1.82, 2.24) is 10.6 Å². The Balaban J connectivity index is 1.99. The number of rotatable bonds is 17. The Labute approximate surface area is 176 Å². The lowest BCUT2D eigenvalue weighted by molar-refractivity contribution is -0.121. The van der Waals surface area contributed by atoms with Crippen molar-refractivity contribution in [2.75, 3.05) is 19.6 Å². The highest BCUT2D eigenvalue weighted by Crippen LogP contribution is 2.13. The Morgan fingerprint density at radius 2 is 1.55 bits per heavy atom. The first-order valence-corrected chi connectivity index (χ1v) is 12.2. The van der Waals surface area contributed by atoms with Crippen LogP contribution in [0.15, 0.2) is 24.3 Å². The number of carbonyl (C=O) groups is 1. The topological polar surface area (TPSA) is 111 Å². The number of carbonyl (C=O) groups excluding carboxylic acids is 1. The minimum atomic E-state index is -4.00. The Bertz CT molecular complexity index is 663. The molecule has 1 rings (SSSR count). The zero-order valence-electron chi connectivity index (χ0n) is 17.6. The number of benzene rings is 1. The van der Waals surface area contributed by atoms with E-state index in [1.54, 1.807) is 24.3 Å². The summed E-state index contributed by atoms with van der Waals surface area (Å²) < 4.78 is 26.3. The van der Waals surface area contributed by atoms with Crippen LogP contribution in [0.25, 0.3) is 0 Å². The molecule has 0 aliphatic rings. The van der Waals surface area contributed by atoms with Crippen LogP contribution in [0.3, 0.4) is 0 Å². The number of amides is 1. The second-order valence-corrected chi connectivity index (χ2v) is 8.45. The average Bonchev–Trinajstić information content (AvgIpc) is 2.66. The molecule has 0 aliphatic carbocycles.